The van der Waals surface area contributed by atoms with Gasteiger partial charge in [0.25, 0.3) is 0 Å². The van der Waals surface area contributed by atoms with E-state index in [1.54, 1.807) is 19.2 Å². The second-order valence-electron chi connectivity index (χ2n) is 3.28. The van der Waals surface area contributed by atoms with Crippen molar-refractivity contribution >= 4 is 11.9 Å². The van der Waals surface area contributed by atoms with Gasteiger partial charge >= 0.3 is 11.9 Å². The van der Waals surface area contributed by atoms with Crippen molar-refractivity contribution in [2.45, 2.75) is 27.4 Å². The molecule has 5 heteroatoms. The van der Waals surface area contributed by atoms with Gasteiger partial charge in [-0.1, -0.05) is 0 Å². The van der Waals surface area contributed by atoms with Gasteiger partial charge in [-0.2, -0.15) is 0 Å². The fourth-order valence-electron chi connectivity index (χ4n) is 1.16. The first-order valence-corrected chi connectivity index (χ1v) is 4.77. The second-order valence-corrected chi connectivity index (χ2v) is 3.28. The summed E-state index contributed by atoms with van der Waals surface area (Å²) in [7, 11) is 0. The molecule has 0 aliphatic rings. The Morgan fingerprint density at radius 1 is 1.31 bits per heavy atom. The molecule has 0 bridgehead atoms. The van der Waals surface area contributed by atoms with E-state index < -0.39 is 11.9 Å². The Labute approximate surface area is 93.4 Å². The zero-order valence-electron chi connectivity index (χ0n) is 9.44. The molecule has 0 aliphatic heterocycles. The van der Waals surface area contributed by atoms with E-state index in [2.05, 4.69) is 4.98 Å². The predicted molar refractivity (Wildman–Crippen MR) is 55.8 cm³/mol. The summed E-state index contributed by atoms with van der Waals surface area (Å²) < 4.78 is 9.83. The minimum atomic E-state index is -0.430. The third kappa shape index (κ3) is 3.34. The number of aromatic nitrogens is 1. The summed E-state index contributed by atoms with van der Waals surface area (Å²) in [5.41, 5.74) is 1.21. The van der Waals surface area contributed by atoms with Gasteiger partial charge in [-0.3, -0.25) is 14.6 Å². The number of hydrogen-bond donors (Lipinski definition) is 0. The first-order chi connectivity index (χ1) is 7.50. The minimum Gasteiger partial charge on any atom is -0.459 e. The van der Waals surface area contributed by atoms with Gasteiger partial charge in [0, 0.05) is 20.0 Å². The van der Waals surface area contributed by atoms with Crippen LogP contribution in [0.5, 0.6) is 5.75 Å². The summed E-state index contributed by atoms with van der Waals surface area (Å²) in [5, 5.41) is 0. The molecule has 0 spiro atoms. The molecule has 0 fully saturated rings. The molecule has 1 aromatic heterocycles. The number of carbonyl (C=O) groups excluding carboxylic acids is 2. The number of carbonyl (C=O) groups is 2. The molecule has 0 atom stereocenters. The molecule has 86 valence electrons. The van der Waals surface area contributed by atoms with Crippen LogP contribution in [0.2, 0.25) is 0 Å². The van der Waals surface area contributed by atoms with Crippen molar-refractivity contribution in [3.8, 4) is 5.75 Å². The van der Waals surface area contributed by atoms with E-state index in [-0.39, 0.29) is 6.61 Å². The molecule has 0 unspecified atom stereocenters. The topological polar surface area (TPSA) is 65.5 Å². The molecule has 1 rings (SSSR count). The van der Waals surface area contributed by atoms with Gasteiger partial charge in [-0.25, -0.2) is 0 Å². The SMILES string of the molecule is CC(=O)OCc1nccc(C)c1OC(C)=O. The van der Waals surface area contributed by atoms with Crippen LogP contribution in [0.25, 0.3) is 0 Å². The van der Waals surface area contributed by atoms with Gasteiger partial charge in [0.1, 0.15) is 12.3 Å². The van der Waals surface area contributed by atoms with Crippen LogP contribution < -0.4 is 4.74 Å². The average molecular weight is 223 g/mol. The number of esters is 2. The van der Waals surface area contributed by atoms with Crippen molar-refractivity contribution < 1.29 is 19.1 Å². The summed E-state index contributed by atoms with van der Waals surface area (Å²) >= 11 is 0. The Balaban J connectivity index is 2.93. The summed E-state index contributed by atoms with van der Waals surface area (Å²) in [6.07, 6.45) is 1.57. The molecule has 0 saturated carbocycles. The summed E-state index contributed by atoms with van der Waals surface area (Å²) in [4.78, 5) is 25.6. The third-order valence-corrected chi connectivity index (χ3v) is 1.83. The Kier molecular flexibility index (Phi) is 3.99. The maximum Gasteiger partial charge on any atom is 0.308 e. The van der Waals surface area contributed by atoms with Crippen LogP contribution in [-0.4, -0.2) is 16.9 Å². The highest BCUT2D eigenvalue weighted by atomic mass is 16.5. The van der Waals surface area contributed by atoms with Crippen molar-refractivity contribution in [3.63, 3.8) is 0 Å². The quantitative estimate of drug-likeness (QED) is 0.724. The van der Waals surface area contributed by atoms with Gasteiger partial charge in [-0.15, -0.1) is 0 Å². The van der Waals surface area contributed by atoms with E-state index in [1.165, 1.54) is 13.8 Å². The first-order valence-electron chi connectivity index (χ1n) is 4.77. The molecular formula is C11H13NO4. The Morgan fingerprint density at radius 3 is 2.56 bits per heavy atom. The maximum absolute atomic E-state index is 10.9. The molecule has 1 heterocycles. The zero-order valence-corrected chi connectivity index (χ0v) is 9.44. The molecule has 16 heavy (non-hydrogen) atoms. The number of nitrogens with zero attached hydrogens (tertiary/aromatic N) is 1. The molecule has 0 N–H and O–H groups in total. The highest BCUT2D eigenvalue weighted by Gasteiger charge is 2.11. The predicted octanol–water partition coefficient (Wildman–Crippen LogP) is 1.38. The molecule has 0 amide bonds. The molecule has 0 saturated heterocycles. The first kappa shape index (κ1) is 12.2. The van der Waals surface area contributed by atoms with E-state index >= 15 is 0 Å². The monoisotopic (exact) mass is 223 g/mol. The van der Waals surface area contributed by atoms with Gasteiger partial charge in [0.15, 0.2) is 5.75 Å². The number of ether oxygens (including phenoxy) is 2. The third-order valence-electron chi connectivity index (χ3n) is 1.83. The molecule has 0 aromatic carbocycles. The van der Waals surface area contributed by atoms with Crippen LogP contribution in [0.4, 0.5) is 0 Å². The number of rotatable bonds is 3. The smallest absolute Gasteiger partial charge is 0.308 e. The zero-order chi connectivity index (χ0) is 12.1. The van der Waals surface area contributed by atoms with Gasteiger partial charge < -0.3 is 9.47 Å². The molecule has 0 radical (unpaired) electrons. The molecule has 0 aliphatic carbocycles. The van der Waals surface area contributed by atoms with E-state index in [0.29, 0.717) is 11.4 Å². The lowest BCUT2D eigenvalue weighted by molar-refractivity contribution is -0.142. The van der Waals surface area contributed by atoms with Crippen LogP contribution in [0.3, 0.4) is 0 Å². The average Bonchev–Trinajstić information content (AvgIpc) is 2.18. The van der Waals surface area contributed by atoms with Crippen molar-refractivity contribution in [1.29, 1.82) is 0 Å². The van der Waals surface area contributed by atoms with Gasteiger partial charge in [-0.05, 0) is 18.6 Å². The molecule has 1 aromatic rings. The van der Waals surface area contributed by atoms with Gasteiger partial charge in [0.05, 0.1) is 0 Å². The summed E-state index contributed by atoms with van der Waals surface area (Å²) in [6.45, 7) is 4.40. The largest absolute Gasteiger partial charge is 0.459 e. The Bertz CT molecular complexity index is 414. The number of pyridine rings is 1. The lowest BCUT2D eigenvalue weighted by Gasteiger charge is -2.10. The van der Waals surface area contributed by atoms with Crippen LogP contribution in [0, 0.1) is 6.92 Å². The second kappa shape index (κ2) is 5.25. The van der Waals surface area contributed by atoms with Crippen LogP contribution in [-0.2, 0) is 20.9 Å². The van der Waals surface area contributed by atoms with Crippen molar-refractivity contribution in [2.24, 2.45) is 0 Å². The van der Waals surface area contributed by atoms with Crippen molar-refractivity contribution in [3.05, 3.63) is 23.5 Å². The Hall–Kier alpha value is -1.91. The Morgan fingerprint density at radius 2 is 2.00 bits per heavy atom. The van der Waals surface area contributed by atoms with Crippen molar-refractivity contribution in [2.75, 3.05) is 0 Å². The van der Waals surface area contributed by atoms with E-state index in [0.717, 1.165) is 5.56 Å². The highest BCUT2D eigenvalue weighted by molar-refractivity contribution is 5.70. The normalized spacial score (nSPS) is 9.69. The number of hydrogen-bond acceptors (Lipinski definition) is 5. The standard InChI is InChI=1S/C11H13NO4/c1-7-4-5-12-10(6-15-8(2)13)11(7)16-9(3)14/h4-5H,6H2,1-3H3. The lowest BCUT2D eigenvalue weighted by atomic mass is 10.2. The van der Waals surface area contributed by atoms with Gasteiger partial charge in [0.2, 0.25) is 0 Å². The van der Waals surface area contributed by atoms with E-state index in [9.17, 15) is 9.59 Å². The fraction of sp³-hybridized carbons (Fsp3) is 0.364. The van der Waals surface area contributed by atoms with E-state index in [1.807, 2.05) is 0 Å². The maximum atomic E-state index is 10.9. The van der Waals surface area contributed by atoms with Crippen LogP contribution in [0.1, 0.15) is 25.1 Å². The highest BCUT2D eigenvalue weighted by Crippen LogP contribution is 2.22. The summed E-state index contributed by atoms with van der Waals surface area (Å²) in [6, 6.07) is 1.72. The molecule has 5 nitrogen and oxygen atoms in total. The van der Waals surface area contributed by atoms with Crippen LogP contribution >= 0.6 is 0 Å². The summed E-state index contributed by atoms with van der Waals surface area (Å²) in [5.74, 6) is -0.478. The molecular weight excluding hydrogens is 210 g/mol. The minimum absolute atomic E-state index is 0.000370. The van der Waals surface area contributed by atoms with E-state index in [4.69, 9.17) is 9.47 Å². The van der Waals surface area contributed by atoms with Crippen LogP contribution in [0.15, 0.2) is 12.3 Å². The van der Waals surface area contributed by atoms with Crippen molar-refractivity contribution in [1.82, 2.24) is 4.98 Å². The number of aryl methyl sites for hydroxylation is 1. The fourth-order valence-corrected chi connectivity index (χ4v) is 1.16. The lowest BCUT2D eigenvalue weighted by Crippen LogP contribution is -2.09.